The van der Waals surface area contributed by atoms with Crippen LogP contribution in [0.1, 0.15) is 23.2 Å². The number of nitrogens with zero attached hydrogens (tertiary/aromatic N) is 3. The summed E-state index contributed by atoms with van der Waals surface area (Å²) in [5, 5.41) is 9.88. The van der Waals surface area contributed by atoms with Crippen LogP contribution in [0.2, 0.25) is 5.02 Å². The van der Waals surface area contributed by atoms with E-state index in [0.717, 1.165) is 37.3 Å². The lowest BCUT2D eigenvalue weighted by molar-refractivity contribution is 0.100. The standard InChI is InChI=1S/C16H17ClN4O2/c17-13-9-10(1-2-12(13)15(18)23)16-19-6-3-14(20-16)21-7-4-11(22)5-8-21/h1-3,6,9,11,22H,4-5,7-8H2,(H2,18,23). The van der Waals surface area contributed by atoms with Gasteiger partial charge in [-0.25, -0.2) is 9.97 Å². The van der Waals surface area contributed by atoms with Crippen molar-refractivity contribution in [1.29, 1.82) is 0 Å². The van der Waals surface area contributed by atoms with Gasteiger partial charge in [0.2, 0.25) is 5.91 Å². The lowest BCUT2D eigenvalue weighted by Gasteiger charge is -2.30. The molecule has 1 saturated heterocycles. The second-order valence-electron chi connectivity index (χ2n) is 5.52. The van der Waals surface area contributed by atoms with Crippen molar-refractivity contribution in [2.45, 2.75) is 18.9 Å². The van der Waals surface area contributed by atoms with E-state index in [-0.39, 0.29) is 16.7 Å². The predicted molar refractivity (Wildman–Crippen MR) is 88.4 cm³/mol. The second-order valence-corrected chi connectivity index (χ2v) is 5.92. The van der Waals surface area contributed by atoms with Gasteiger partial charge in [-0.1, -0.05) is 17.7 Å². The molecule has 0 spiro atoms. The first-order valence-corrected chi connectivity index (χ1v) is 7.78. The third-order valence-electron chi connectivity index (χ3n) is 3.92. The molecule has 0 unspecified atom stereocenters. The van der Waals surface area contributed by atoms with Crippen LogP contribution in [0.25, 0.3) is 11.4 Å². The number of amides is 1. The quantitative estimate of drug-likeness (QED) is 0.895. The largest absolute Gasteiger partial charge is 0.393 e. The summed E-state index contributed by atoms with van der Waals surface area (Å²) in [4.78, 5) is 22.2. The summed E-state index contributed by atoms with van der Waals surface area (Å²) < 4.78 is 0. The Morgan fingerprint density at radius 3 is 2.70 bits per heavy atom. The molecule has 3 N–H and O–H groups in total. The Labute approximate surface area is 138 Å². The van der Waals surface area contributed by atoms with E-state index in [1.54, 1.807) is 24.4 Å². The minimum Gasteiger partial charge on any atom is -0.393 e. The monoisotopic (exact) mass is 332 g/mol. The maximum atomic E-state index is 11.2. The Kier molecular flexibility index (Phi) is 4.45. The highest BCUT2D eigenvalue weighted by Gasteiger charge is 2.19. The summed E-state index contributed by atoms with van der Waals surface area (Å²) >= 11 is 6.08. The predicted octanol–water partition coefficient (Wildman–Crippen LogP) is 1.86. The molecule has 1 fully saturated rings. The van der Waals surface area contributed by atoms with Crippen molar-refractivity contribution in [3.63, 3.8) is 0 Å². The van der Waals surface area contributed by atoms with Crippen LogP contribution in [0, 0.1) is 0 Å². The number of hydrogen-bond donors (Lipinski definition) is 2. The normalized spacial score (nSPS) is 15.7. The molecular weight excluding hydrogens is 316 g/mol. The number of benzene rings is 1. The molecule has 1 aliphatic heterocycles. The second kappa shape index (κ2) is 6.52. The topological polar surface area (TPSA) is 92.3 Å². The number of rotatable bonds is 3. The summed E-state index contributed by atoms with van der Waals surface area (Å²) in [6.45, 7) is 1.53. The Hall–Kier alpha value is -2.18. The van der Waals surface area contributed by atoms with Crippen LogP contribution in [0.15, 0.2) is 30.5 Å². The first-order valence-electron chi connectivity index (χ1n) is 7.40. The van der Waals surface area contributed by atoms with Gasteiger partial charge in [-0.3, -0.25) is 4.79 Å². The van der Waals surface area contributed by atoms with Gasteiger partial charge in [-0.05, 0) is 31.0 Å². The molecular formula is C16H17ClN4O2. The average molecular weight is 333 g/mol. The lowest BCUT2D eigenvalue weighted by Crippen LogP contribution is -2.36. The Bertz CT molecular complexity index is 730. The Morgan fingerprint density at radius 2 is 2.04 bits per heavy atom. The molecule has 1 aromatic heterocycles. The molecule has 0 atom stereocenters. The smallest absolute Gasteiger partial charge is 0.250 e. The summed E-state index contributed by atoms with van der Waals surface area (Å²) in [7, 11) is 0. The number of nitrogens with two attached hydrogens (primary N) is 1. The van der Waals surface area contributed by atoms with E-state index in [0.29, 0.717) is 5.82 Å². The van der Waals surface area contributed by atoms with Crippen LogP contribution in [0.3, 0.4) is 0 Å². The first-order chi connectivity index (χ1) is 11.0. The van der Waals surface area contributed by atoms with E-state index < -0.39 is 5.91 Å². The zero-order chi connectivity index (χ0) is 16.4. The van der Waals surface area contributed by atoms with Gasteiger partial charge >= 0.3 is 0 Å². The van der Waals surface area contributed by atoms with Gasteiger partial charge in [0.25, 0.3) is 0 Å². The molecule has 0 bridgehead atoms. The molecule has 120 valence electrons. The number of aromatic nitrogens is 2. The molecule has 1 amide bonds. The SMILES string of the molecule is NC(=O)c1ccc(-c2nccc(N3CCC(O)CC3)n2)cc1Cl. The number of halogens is 1. The summed E-state index contributed by atoms with van der Waals surface area (Å²) in [6, 6.07) is 6.79. The fourth-order valence-corrected chi connectivity index (χ4v) is 2.89. The molecule has 2 heterocycles. The van der Waals surface area contributed by atoms with Crippen molar-refractivity contribution in [3.8, 4) is 11.4 Å². The molecule has 1 aliphatic rings. The van der Waals surface area contributed by atoms with Crippen LogP contribution >= 0.6 is 11.6 Å². The molecule has 23 heavy (non-hydrogen) atoms. The molecule has 0 saturated carbocycles. The van der Waals surface area contributed by atoms with Gasteiger partial charge in [0.05, 0.1) is 16.7 Å². The number of carbonyl (C=O) groups is 1. The van der Waals surface area contributed by atoms with Gasteiger partial charge in [0, 0.05) is 24.8 Å². The average Bonchev–Trinajstić information content (AvgIpc) is 2.55. The molecule has 0 radical (unpaired) electrons. The molecule has 6 nitrogen and oxygen atoms in total. The van der Waals surface area contributed by atoms with Gasteiger partial charge in [-0.2, -0.15) is 0 Å². The summed E-state index contributed by atoms with van der Waals surface area (Å²) in [5.41, 5.74) is 6.25. The lowest BCUT2D eigenvalue weighted by atomic mass is 10.1. The molecule has 2 aromatic rings. The van der Waals surface area contributed by atoms with E-state index in [1.807, 2.05) is 6.07 Å². The van der Waals surface area contributed by atoms with Crippen molar-refractivity contribution in [2.24, 2.45) is 5.73 Å². The number of hydrogen-bond acceptors (Lipinski definition) is 5. The van der Waals surface area contributed by atoms with Gasteiger partial charge < -0.3 is 15.7 Å². The molecule has 0 aliphatic carbocycles. The number of carbonyl (C=O) groups excluding carboxylic acids is 1. The van der Waals surface area contributed by atoms with E-state index in [9.17, 15) is 9.90 Å². The number of piperidine rings is 1. The van der Waals surface area contributed by atoms with Gasteiger partial charge in [0.1, 0.15) is 5.82 Å². The fourth-order valence-electron chi connectivity index (χ4n) is 2.61. The minimum atomic E-state index is -0.567. The maximum absolute atomic E-state index is 11.2. The number of anilines is 1. The Balaban J connectivity index is 1.88. The molecule has 1 aromatic carbocycles. The third-order valence-corrected chi connectivity index (χ3v) is 4.23. The van der Waals surface area contributed by atoms with E-state index >= 15 is 0 Å². The van der Waals surface area contributed by atoms with E-state index in [2.05, 4.69) is 14.9 Å². The summed E-state index contributed by atoms with van der Waals surface area (Å²) in [6.07, 6.45) is 2.93. The maximum Gasteiger partial charge on any atom is 0.250 e. The zero-order valence-corrected chi connectivity index (χ0v) is 13.2. The van der Waals surface area contributed by atoms with Gasteiger partial charge in [0.15, 0.2) is 5.82 Å². The highest BCUT2D eigenvalue weighted by atomic mass is 35.5. The van der Waals surface area contributed by atoms with Crippen LogP contribution in [0.5, 0.6) is 0 Å². The van der Waals surface area contributed by atoms with Crippen molar-refractivity contribution in [1.82, 2.24) is 9.97 Å². The fraction of sp³-hybridized carbons (Fsp3) is 0.312. The number of aliphatic hydroxyl groups excluding tert-OH is 1. The molecule has 3 rings (SSSR count). The summed E-state index contributed by atoms with van der Waals surface area (Å²) in [5.74, 6) is 0.784. The van der Waals surface area contributed by atoms with Crippen molar-refractivity contribution < 1.29 is 9.90 Å². The van der Waals surface area contributed by atoms with E-state index in [4.69, 9.17) is 17.3 Å². The molecule has 7 heteroatoms. The number of aliphatic hydroxyl groups is 1. The van der Waals surface area contributed by atoms with Crippen LogP contribution in [-0.4, -0.2) is 40.2 Å². The minimum absolute atomic E-state index is 0.229. The van der Waals surface area contributed by atoms with Crippen LogP contribution in [-0.2, 0) is 0 Å². The number of primary amides is 1. The third kappa shape index (κ3) is 3.43. The van der Waals surface area contributed by atoms with E-state index in [1.165, 1.54) is 0 Å². The zero-order valence-electron chi connectivity index (χ0n) is 12.4. The highest BCUT2D eigenvalue weighted by molar-refractivity contribution is 6.34. The van der Waals surface area contributed by atoms with Crippen LogP contribution in [0.4, 0.5) is 5.82 Å². The van der Waals surface area contributed by atoms with Crippen molar-refractivity contribution in [2.75, 3.05) is 18.0 Å². The highest BCUT2D eigenvalue weighted by Crippen LogP contribution is 2.25. The Morgan fingerprint density at radius 1 is 1.30 bits per heavy atom. The van der Waals surface area contributed by atoms with Crippen LogP contribution < -0.4 is 10.6 Å². The van der Waals surface area contributed by atoms with Crippen molar-refractivity contribution >= 4 is 23.3 Å². The van der Waals surface area contributed by atoms with Crippen molar-refractivity contribution in [3.05, 3.63) is 41.0 Å². The van der Waals surface area contributed by atoms with Gasteiger partial charge in [-0.15, -0.1) is 0 Å². The first kappa shape index (κ1) is 15.7.